The third kappa shape index (κ3) is 6.56. The van der Waals surface area contributed by atoms with Crippen molar-refractivity contribution in [3.8, 4) is 5.75 Å². The van der Waals surface area contributed by atoms with Gasteiger partial charge in [0.05, 0.1) is 18.4 Å². The van der Waals surface area contributed by atoms with Crippen LogP contribution in [-0.4, -0.2) is 28.2 Å². The van der Waals surface area contributed by atoms with Gasteiger partial charge in [0.25, 0.3) is 0 Å². The minimum atomic E-state index is -4.34. The molecule has 3 aromatic rings. The molecule has 3 rings (SSSR count). The number of nitrogens with zero attached hydrogens (tertiary/aromatic N) is 3. The van der Waals surface area contributed by atoms with Gasteiger partial charge in [-0.15, -0.1) is 0 Å². The van der Waals surface area contributed by atoms with E-state index in [4.69, 9.17) is 4.74 Å². The van der Waals surface area contributed by atoms with Crippen LogP contribution in [0.2, 0.25) is 0 Å². The van der Waals surface area contributed by atoms with Crippen molar-refractivity contribution in [2.75, 3.05) is 13.2 Å². The Morgan fingerprint density at radius 1 is 0.933 bits per heavy atom. The first-order chi connectivity index (χ1) is 14.4. The highest BCUT2D eigenvalue weighted by Gasteiger charge is 2.30. The van der Waals surface area contributed by atoms with Crippen molar-refractivity contribution in [2.24, 2.45) is 0 Å². The molecule has 1 heterocycles. The second-order valence-corrected chi connectivity index (χ2v) is 7.11. The Morgan fingerprint density at radius 3 is 2.37 bits per heavy atom. The van der Waals surface area contributed by atoms with Gasteiger partial charge in [-0.05, 0) is 60.4 Å². The molecule has 0 saturated carbocycles. The second-order valence-electron chi connectivity index (χ2n) is 7.11. The summed E-state index contributed by atoms with van der Waals surface area (Å²) in [6.07, 6.45) is -0.166. The molecule has 0 radical (unpaired) electrons. The van der Waals surface area contributed by atoms with Crippen LogP contribution >= 0.6 is 0 Å². The lowest BCUT2D eigenvalue weighted by atomic mass is 10.1. The summed E-state index contributed by atoms with van der Waals surface area (Å²) < 4.78 is 43.6. The van der Waals surface area contributed by atoms with Crippen LogP contribution in [0.5, 0.6) is 5.75 Å². The SMILES string of the molecule is Cc1ccccc1CN(CCCOc1ccc(C(F)(F)F)cc1)Cc1ccnnc1. The summed E-state index contributed by atoms with van der Waals surface area (Å²) in [4.78, 5) is 2.30. The lowest BCUT2D eigenvalue weighted by molar-refractivity contribution is -0.137. The summed E-state index contributed by atoms with van der Waals surface area (Å²) in [5, 5.41) is 7.76. The van der Waals surface area contributed by atoms with Gasteiger partial charge in [-0.1, -0.05) is 24.3 Å². The van der Waals surface area contributed by atoms with Gasteiger partial charge < -0.3 is 4.74 Å². The van der Waals surface area contributed by atoms with E-state index in [9.17, 15) is 13.2 Å². The lowest BCUT2D eigenvalue weighted by Crippen LogP contribution is -2.25. The highest BCUT2D eigenvalue weighted by Crippen LogP contribution is 2.30. The van der Waals surface area contributed by atoms with E-state index in [-0.39, 0.29) is 0 Å². The van der Waals surface area contributed by atoms with Crippen molar-refractivity contribution < 1.29 is 17.9 Å². The molecule has 4 nitrogen and oxygen atoms in total. The van der Waals surface area contributed by atoms with E-state index in [1.54, 1.807) is 12.4 Å². The van der Waals surface area contributed by atoms with Crippen LogP contribution in [0.1, 0.15) is 28.7 Å². The number of alkyl halides is 3. The zero-order valence-corrected chi connectivity index (χ0v) is 16.8. The molecule has 0 atom stereocenters. The van der Waals surface area contributed by atoms with E-state index in [1.807, 2.05) is 18.2 Å². The van der Waals surface area contributed by atoms with Gasteiger partial charge in [0.2, 0.25) is 0 Å². The Labute approximate surface area is 174 Å². The van der Waals surface area contributed by atoms with Crippen LogP contribution in [0.15, 0.2) is 67.0 Å². The standard InChI is InChI=1S/C23H24F3N3O/c1-18-5-2-3-6-20(18)17-29(16-19-11-12-27-28-15-19)13-4-14-30-22-9-7-21(8-10-22)23(24,25)26/h2-3,5-12,15H,4,13-14,16-17H2,1H3. The fourth-order valence-electron chi connectivity index (χ4n) is 3.13. The quantitative estimate of drug-likeness (QED) is 0.446. The van der Waals surface area contributed by atoms with Gasteiger partial charge >= 0.3 is 6.18 Å². The number of ether oxygens (including phenoxy) is 1. The third-order valence-electron chi connectivity index (χ3n) is 4.78. The molecule has 158 valence electrons. The van der Waals surface area contributed by atoms with Gasteiger partial charge in [0.1, 0.15) is 5.75 Å². The molecule has 0 N–H and O–H groups in total. The molecular formula is C23H24F3N3O. The number of rotatable bonds is 9. The zero-order chi connectivity index (χ0) is 21.4. The maximum atomic E-state index is 12.6. The van der Waals surface area contributed by atoms with Gasteiger partial charge in [0, 0.05) is 25.8 Å². The monoisotopic (exact) mass is 415 g/mol. The highest BCUT2D eigenvalue weighted by atomic mass is 19.4. The number of benzene rings is 2. The molecule has 1 aromatic heterocycles. The largest absolute Gasteiger partial charge is 0.494 e. The fourth-order valence-corrected chi connectivity index (χ4v) is 3.13. The lowest BCUT2D eigenvalue weighted by Gasteiger charge is -2.23. The van der Waals surface area contributed by atoms with Crippen LogP contribution < -0.4 is 4.74 Å². The van der Waals surface area contributed by atoms with Crippen molar-refractivity contribution in [1.82, 2.24) is 15.1 Å². The van der Waals surface area contributed by atoms with Crippen LogP contribution in [0.4, 0.5) is 13.2 Å². The average molecular weight is 415 g/mol. The molecule has 0 bridgehead atoms. The van der Waals surface area contributed by atoms with Gasteiger partial charge in [-0.25, -0.2) is 0 Å². The van der Waals surface area contributed by atoms with E-state index in [0.717, 1.165) is 43.8 Å². The van der Waals surface area contributed by atoms with Crippen molar-refractivity contribution in [3.05, 3.63) is 89.2 Å². The number of halogens is 3. The zero-order valence-electron chi connectivity index (χ0n) is 16.8. The molecule has 0 saturated heterocycles. The van der Waals surface area contributed by atoms with Crippen molar-refractivity contribution in [2.45, 2.75) is 32.6 Å². The summed E-state index contributed by atoms with van der Waals surface area (Å²) in [6, 6.07) is 15.0. The predicted molar refractivity (Wildman–Crippen MR) is 109 cm³/mol. The molecule has 0 spiro atoms. The van der Waals surface area contributed by atoms with Gasteiger partial charge in [0.15, 0.2) is 0 Å². The summed E-state index contributed by atoms with van der Waals surface area (Å²) in [5.41, 5.74) is 2.88. The van der Waals surface area contributed by atoms with Crippen LogP contribution in [-0.2, 0) is 19.3 Å². The van der Waals surface area contributed by atoms with E-state index in [2.05, 4.69) is 34.2 Å². The summed E-state index contributed by atoms with van der Waals surface area (Å²) in [6.45, 7) is 4.80. The molecule has 0 fully saturated rings. The molecule has 7 heteroatoms. The Bertz CT molecular complexity index is 915. The Hall–Kier alpha value is -2.93. The van der Waals surface area contributed by atoms with E-state index >= 15 is 0 Å². The molecule has 0 unspecified atom stereocenters. The Kier molecular flexibility index (Phi) is 7.41. The predicted octanol–water partition coefficient (Wildman–Crippen LogP) is 5.28. The molecule has 2 aromatic carbocycles. The normalized spacial score (nSPS) is 11.6. The van der Waals surface area contributed by atoms with Crippen LogP contribution in [0, 0.1) is 6.92 Å². The number of aromatic nitrogens is 2. The van der Waals surface area contributed by atoms with E-state index < -0.39 is 11.7 Å². The molecule has 0 aliphatic rings. The third-order valence-corrected chi connectivity index (χ3v) is 4.78. The second kappa shape index (κ2) is 10.2. The summed E-state index contributed by atoms with van der Waals surface area (Å²) >= 11 is 0. The van der Waals surface area contributed by atoms with E-state index in [0.29, 0.717) is 12.4 Å². The smallest absolute Gasteiger partial charge is 0.416 e. The minimum Gasteiger partial charge on any atom is -0.494 e. The average Bonchev–Trinajstić information content (AvgIpc) is 2.73. The Morgan fingerprint density at radius 2 is 1.70 bits per heavy atom. The minimum absolute atomic E-state index is 0.421. The first-order valence-corrected chi connectivity index (χ1v) is 9.74. The topological polar surface area (TPSA) is 38.2 Å². The molecule has 0 amide bonds. The summed E-state index contributed by atoms with van der Waals surface area (Å²) in [5.74, 6) is 0.437. The summed E-state index contributed by atoms with van der Waals surface area (Å²) in [7, 11) is 0. The highest BCUT2D eigenvalue weighted by molar-refractivity contribution is 5.29. The van der Waals surface area contributed by atoms with Crippen molar-refractivity contribution >= 4 is 0 Å². The molecule has 0 aliphatic carbocycles. The maximum absolute atomic E-state index is 12.6. The van der Waals surface area contributed by atoms with Crippen molar-refractivity contribution in [3.63, 3.8) is 0 Å². The van der Waals surface area contributed by atoms with E-state index in [1.165, 1.54) is 23.3 Å². The van der Waals surface area contributed by atoms with Crippen LogP contribution in [0.25, 0.3) is 0 Å². The number of aryl methyl sites for hydroxylation is 1. The number of hydrogen-bond donors (Lipinski definition) is 0. The van der Waals surface area contributed by atoms with Gasteiger partial charge in [-0.3, -0.25) is 4.90 Å². The van der Waals surface area contributed by atoms with Crippen LogP contribution in [0.3, 0.4) is 0 Å². The van der Waals surface area contributed by atoms with Crippen molar-refractivity contribution in [1.29, 1.82) is 0 Å². The number of hydrogen-bond acceptors (Lipinski definition) is 4. The Balaban J connectivity index is 1.55. The van der Waals surface area contributed by atoms with Gasteiger partial charge in [-0.2, -0.15) is 23.4 Å². The first-order valence-electron chi connectivity index (χ1n) is 9.74. The maximum Gasteiger partial charge on any atom is 0.416 e. The first kappa shape index (κ1) is 21.8. The molecular weight excluding hydrogens is 391 g/mol. The molecule has 30 heavy (non-hydrogen) atoms. The fraction of sp³-hybridized carbons (Fsp3) is 0.304. The molecule has 0 aliphatic heterocycles.